The van der Waals surface area contributed by atoms with Gasteiger partial charge in [-0.2, -0.15) is 55.2 Å². The molecule has 32 heteroatoms. The minimum absolute atomic E-state index is 0.0236. The molecule has 0 aliphatic heterocycles. The number of rotatable bonds is 20. The largest absolute Gasteiger partial charge is 0.353 e. The van der Waals surface area contributed by atoms with E-state index in [0.717, 1.165) is 18.2 Å². The monoisotopic (exact) mass is 922 g/mol. The molecule has 4 aromatic rings. The standard InChI is InChI=1S/C24H28Cl2N12O13S5/c1-13(54(43,44)45)11-29-23-35-19(25)33-21(37-23)27-4-6-30-52(39,40)12-53(41,42)31-7-5-28-22-34-20(26)36-24(38-22)32-17-9-14-2-3-16(55(46,47)48)8-15(14)10-18(17)56(49,50)51/h2-3,8-10,30-31H,1,4-7,11-12H2,(H,43,44,45)(H,46,47,48)(H,49,50,51)(H2,27,29,33,35,37)(H2,28,32,34,36,38). The summed E-state index contributed by atoms with van der Waals surface area (Å²) in [6, 6.07) is 5.45. The van der Waals surface area contributed by atoms with Crippen LogP contribution in [0.3, 0.4) is 0 Å². The molecule has 0 fully saturated rings. The van der Waals surface area contributed by atoms with E-state index in [9.17, 15) is 51.2 Å². The Labute approximate surface area is 328 Å². The van der Waals surface area contributed by atoms with E-state index in [1.807, 2.05) is 0 Å². The molecular weight excluding hydrogens is 896 g/mol. The fourth-order valence-corrected chi connectivity index (χ4v) is 9.04. The summed E-state index contributed by atoms with van der Waals surface area (Å²) in [5.74, 6) is -0.968. The predicted octanol–water partition coefficient (Wildman–Crippen LogP) is -0.113. The zero-order valence-electron chi connectivity index (χ0n) is 27.7. The summed E-state index contributed by atoms with van der Waals surface area (Å²) in [6.45, 7) is 1.58. The summed E-state index contributed by atoms with van der Waals surface area (Å²) in [7, 11) is -22.9. The Morgan fingerprint density at radius 3 is 1.61 bits per heavy atom. The second-order valence-corrected chi connectivity index (χ2v) is 19.8. The number of benzene rings is 2. The molecule has 0 saturated carbocycles. The zero-order valence-corrected chi connectivity index (χ0v) is 33.3. The van der Waals surface area contributed by atoms with Crippen LogP contribution in [-0.4, -0.2) is 123 Å². The molecule has 9 N–H and O–H groups in total. The molecule has 306 valence electrons. The lowest BCUT2D eigenvalue weighted by Gasteiger charge is -2.13. The van der Waals surface area contributed by atoms with Gasteiger partial charge in [0.1, 0.15) is 4.90 Å². The van der Waals surface area contributed by atoms with Crippen LogP contribution >= 0.6 is 23.2 Å². The summed E-state index contributed by atoms with van der Waals surface area (Å²) in [5, 5.41) is 8.42. The van der Waals surface area contributed by atoms with E-state index in [4.69, 9.17) is 27.8 Å². The molecule has 0 saturated heterocycles. The van der Waals surface area contributed by atoms with Gasteiger partial charge in [0.05, 0.1) is 22.0 Å². The van der Waals surface area contributed by atoms with Crippen LogP contribution in [0.15, 0.2) is 51.6 Å². The van der Waals surface area contributed by atoms with Gasteiger partial charge in [-0.05, 0) is 58.2 Å². The summed E-state index contributed by atoms with van der Waals surface area (Å²) >= 11 is 11.8. The molecule has 0 amide bonds. The molecule has 0 atom stereocenters. The van der Waals surface area contributed by atoms with Gasteiger partial charge in [-0.1, -0.05) is 12.6 Å². The Kier molecular flexibility index (Phi) is 13.9. The number of sulfonamides is 2. The third-order valence-electron chi connectivity index (χ3n) is 6.53. The number of hydrogen-bond donors (Lipinski definition) is 9. The molecule has 0 radical (unpaired) electrons. The topological polar surface area (TPSA) is 381 Å². The third kappa shape index (κ3) is 13.5. The second kappa shape index (κ2) is 17.5. The Bertz CT molecular complexity index is 2730. The van der Waals surface area contributed by atoms with Crippen molar-refractivity contribution in [2.45, 2.75) is 9.79 Å². The van der Waals surface area contributed by atoms with Crippen LogP contribution in [0.25, 0.3) is 10.8 Å². The zero-order chi connectivity index (χ0) is 41.7. The maximum absolute atomic E-state index is 12.5. The molecule has 0 aliphatic rings. The molecule has 0 bridgehead atoms. The molecule has 0 aliphatic carbocycles. The van der Waals surface area contributed by atoms with E-state index in [1.54, 1.807) is 0 Å². The summed E-state index contributed by atoms with van der Waals surface area (Å²) in [5.41, 5.74) is -0.272. The number of nitrogens with one attached hydrogen (secondary N) is 6. The number of anilines is 5. The summed E-state index contributed by atoms with van der Waals surface area (Å²) in [6.07, 6.45) is 0. The fourth-order valence-electron chi connectivity index (χ4n) is 4.16. The van der Waals surface area contributed by atoms with Crippen molar-refractivity contribution >= 4 is 114 Å². The number of nitrogens with zero attached hydrogens (tertiary/aromatic N) is 6. The Morgan fingerprint density at radius 2 is 1.11 bits per heavy atom. The highest BCUT2D eigenvalue weighted by molar-refractivity contribution is 8.06. The molecule has 4 rings (SSSR count). The first-order valence-electron chi connectivity index (χ1n) is 14.7. The number of aromatic nitrogens is 6. The molecular formula is C24H28Cl2N12O13S5. The second-order valence-electron chi connectivity index (χ2n) is 10.8. The quantitative estimate of drug-likeness (QED) is 0.0412. The lowest BCUT2D eigenvalue weighted by molar-refractivity contribution is 0.481. The average molecular weight is 924 g/mol. The van der Waals surface area contributed by atoms with Crippen LogP contribution in [-0.2, 0) is 50.4 Å². The van der Waals surface area contributed by atoms with Crippen molar-refractivity contribution in [2.24, 2.45) is 0 Å². The highest BCUT2D eigenvalue weighted by atomic mass is 35.5. The fraction of sp³-hybridized carbons (Fsp3) is 0.250. The van der Waals surface area contributed by atoms with Gasteiger partial charge in [-0.3, -0.25) is 13.7 Å². The molecule has 56 heavy (non-hydrogen) atoms. The lowest BCUT2D eigenvalue weighted by atomic mass is 10.1. The lowest BCUT2D eigenvalue weighted by Crippen LogP contribution is -2.39. The highest BCUT2D eigenvalue weighted by Gasteiger charge is 2.23. The van der Waals surface area contributed by atoms with Gasteiger partial charge in [0.25, 0.3) is 30.4 Å². The van der Waals surface area contributed by atoms with Gasteiger partial charge in [-0.15, -0.1) is 0 Å². The van der Waals surface area contributed by atoms with Crippen molar-refractivity contribution in [3.63, 3.8) is 0 Å². The van der Waals surface area contributed by atoms with E-state index in [1.165, 1.54) is 12.1 Å². The number of fused-ring (bicyclic) bond motifs is 1. The minimum atomic E-state index is -4.93. The van der Waals surface area contributed by atoms with Crippen LogP contribution in [0.4, 0.5) is 29.5 Å². The van der Waals surface area contributed by atoms with Crippen LogP contribution < -0.4 is 30.7 Å². The van der Waals surface area contributed by atoms with Gasteiger partial charge < -0.3 is 21.3 Å². The molecule has 0 spiro atoms. The van der Waals surface area contributed by atoms with Crippen LogP contribution in [0.2, 0.25) is 10.6 Å². The molecule has 0 unspecified atom stereocenters. The van der Waals surface area contributed by atoms with Crippen LogP contribution in [0, 0.1) is 0 Å². The normalized spacial score (nSPS) is 12.7. The smallest absolute Gasteiger partial charge is 0.296 e. The highest BCUT2D eigenvalue weighted by Crippen LogP contribution is 2.31. The summed E-state index contributed by atoms with van der Waals surface area (Å²) < 4.78 is 152. The predicted molar refractivity (Wildman–Crippen MR) is 201 cm³/mol. The van der Waals surface area contributed by atoms with E-state index in [0.29, 0.717) is 0 Å². The van der Waals surface area contributed by atoms with E-state index >= 15 is 0 Å². The molecule has 2 aromatic carbocycles. The van der Waals surface area contributed by atoms with Crippen LogP contribution in [0.1, 0.15) is 0 Å². The van der Waals surface area contributed by atoms with Crippen molar-refractivity contribution in [2.75, 3.05) is 59.1 Å². The Hall–Kier alpha value is -4.21. The van der Waals surface area contributed by atoms with Crippen molar-refractivity contribution in [1.29, 1.82) is 0 Å². The van der Waals surface area contributed by atoms with Crippen molar-refractivity contribution < 1.29 is 55.7 Å². The first-order chi connectivity index (χ1) is 25.8. The Balaban J connectivity index is 1.30. The molecule has 2 aromatic heterocycles. The van der Waals surface area contributed by atoms with Gasteiger partial charge in [0.2, 0.25) is 54.4 Å². The minimum Gasteiger partial charge on any atom is -0.353 e. The first kappa shape index (κ1) is 44.5. The maximum Gasteiger partial charge on any atom is 0.296 e. The average Bonchev–Trinajstić information content (AvgIpc) is 3.05. The van der Waals surface area contributed by atoms with E-state index in [2.05, 4.69) is 67.2 Å². The van der Waals surface area contributed by atoms with Gasteiger partial charge in [0.15, 0.2) is 5.08 Å². The molecule has 2 heterocycles. The number of halogens is 2. The van der Waals surface area contributed by atoms with Crippen molar-refractivity contribution in [1.82, 2.24) is 39.3 Å². The SMILES string of the molecule is C=C(CNc1nc(Cl)nc(NCCNS(=O)(=O)CS(=O)(=O)NCCNc2nc(Cl)nc(Nc3cc4ccc(S(=O)(=O)O)cc4cc3S(=O)(=O)O)n2)n1)S(=O)(=O)O. The maximum atomic E-state index is 12.5. The summed E-state index contributed by atoms with van der Waals surface area (Å²) in [4.78, 5) is 21.2. The van der Waals surface area contributed by atoms with E-state index < -0.39 is 82.0 Å². The molecule has 25 nitrogen and oxygen atoms in total. The van der Waals surface area contributed by atoms with Crippen molar-refractivity contribution in [3.05, 3.63) is 52.4 Å². The van der Waals surface area contributed by atoms with Crippen molar-refractivity contribution in [3.8, 4) is 0 Å². The third-order valence-corrected chi connectivity index (χ3v) is 13.3. The van der Waals surface area contributed by atoms with E-state index in [-0.39, 0.29) is 71.7 Å². The first-order valence-corrected chi connectivity index (χ1v) is 23.1. The number of hydrogen-bond acceptors (Lipinski definition) is 20. The van der Waals surface area contributed by atoms with Gasteiger partial charge in [0, 0.05) is 26.2 Å². The Morgan fingerprint density at radius 1 is 0.607 bits per heavy atom. The van der Waals surface area contributed by atoms with Gasteiger partial charge >= 0.3 is 0 Å². The van der Waals surface area contributed by atoms with Gasteiger partial charge in [-0.25, -0.2) is 26.3 Å². The van der Waals surface area contributed by atoms with Crippen LogP contribution in [0.5, 0.6) is 0 Å².